The maximum absolute atomic E-state index is 13.1. The van der Waals surface area contributed by atoms with Crippen LogP contribution in [0, 0.1) is 11.8 Å². The lowest BCUT2D eigenvalue weighted by atomic mass is 10.0. The minimum atomic E-state index is -4.96. The second kappa shape index (κ2) is 66.0. The quantitative estimate of drug-likeness (QED) is 0.0222. The van der Waals surface area contributed by atoms with Gasteiger partial charge in [-0.05, 0) is 37.5 Å². The van der Waals surface area contributed by atoms with Gasteiger partial charge in [0.05, 0.1) is 26.4 Å². The molecule has 2 unspecified atom stereocenters. The number of phosphoric ester groups is 2. The highest BCUT2D eigenvalue weighted by Crippen LogP contribution is 2.45. The molecule has 0 aliphatic heterocycles. The summed E-state index contributed by atoms with van der Waals surface area (Å²) in [7, 11) is -9.90. The van der Waals surface area contributed by atoms with Gasteiger partial charge in [-0.25, -0.2) is 9.13 Å². The molecule has 552 valence electrons. The molecule has 0 aromatic carbocycles. The monoisotopic (exact) mass is 1370 g/mol. The van der Waals surface area contributed by atoms with Crippen LogP contribution in [0.1, 0.15) is 382 Å². The topological polar surface area (TPSA) is 237 Å². The zero-order chi connectivity index (χ0) is 68.6. The number of rotatable bonds is 73. The van der Waals surface area contributed by atoms with Crippen molar-refractivity contribution in [2.45, 2.75) is 400 Å². The van der Waals surface area contributed by atoms with Crippen molar-refractivity contribution in [3.63, 3.8) is 0 Å². The van der Waals surface area contributed by atoms with Gasteiger partial charge in [-0.15, -0.1) is 0 Å². The van der Waals surface area contributed by atoms with Crippen molar-refractivity contribution >= 4 is 39.5 Å². The molecule has 0 aromatic heterocycles. The fourth-order valence-corrected chi connectivity index (χ4v) is 12.9. The van der Waals surface area contributed by atoms with E-state index in [4.69, 9.17) is 37.0 Å². The minimum absolute atomic E-state index is 0.105. The molecule has 5 atom stereocenters. The summed E-state index contributed by atoms with van der Waals surface area (Å²) in [4.78, 5) is 72.6. The molecule has 0 bridgehead atoms. The van der Waals surface area contributed by atoms with Crippen molar-refractivity contribution in [2.24, 2.45) is 11.8 Å². The number of ether oxygens (including phenoxy) is 4. The van der Waals surface area contributed by atoms with Gasteiger partial charge in [-0.3, -0.25) is 37.3 Å². The first-order valence-corrected chi connectivity index (χ1v) is 41.5. The number of carbonyl (C=O) groups is 4. The zero-order valence-electron chi connectivity index (χ0n) is 60.6. The molecule has 0 amide bonds. The summed E-state index contributed by atoms with van der Waals surface area (Å²) in [6.45, 7) is 9.49. The molecule has 0 aromatic rings. The van der Waals surface area contributed by atoms with Crippen LogP contribution in [-0.2, 0) is 65.4 Å². The standard InChI is InChI=1S/C74H144O17P2/c1-7-9-11-13-15-17-19-20-21-22-23-24-25-26-27-30-35-39-47-53-59-74(79)90-69(62-84-71(76)56-50-44-37-34-31-28-29-32-36-42-48-54-66(3)4)64-88-92(80,81)86-60-68(75)61-87-93(82,83)89-65-70(63-85-72(77)57-51-45-41-40-43-49-55-67(5)6)91-73(78)58-52-46-38-33-18-16-14-12-10-8-2/h66-70,75H,7-65H2,1-6H3,(H,80,81)(H,82,83)/t68-,69-,70-/m1/s1. The lowest BCUT2D eigenvalue weighted by Crippen LogP contribution is -2.30. The molecular formula is C74H144O17P2. The molecule has 19 heteroatoms. The van der Waals surface area contributed by atoms with Gasteiger partial charge in [0.2, 0.25) is 0 Å². The first-order chi connectivity index (χ1) is 44.9. The summed E-state index contributed by atoms with van der Waals surface area (Å²) in [5.74, 6) is -0.671. The molecule has 0 fully saturated rings. The van der Waals surface area contributed by atoms with Gasteiger partial charge in [0, 0.05) is 25.7 Å². The van der Waals surface area contributed by atoms with E-state index in [0.717, 1.165) is 102 Å². The highest BCUT2D eigenvalue weighted by atomic mass is 31.2. The van der Waals surface area contributed by atoms with Crippen LogP contribution in [0.4, 0.5) is 0 Å². The van der Waals surface area contributed by atoms with Gasteiger partial charge in [0.15, 0.2) is 12.2 Å². The lowest BCUT2D eigenvalue weighted by Gasteiger charge is -2.21. The zero-order valence-corrected chi connectivity index (χ0v) is 62.3. The van der Waals surface area contributed by atoms with Crippen molar-refractivity contribution in [1.82, 2.24) is 0 Å². The number of hydrogen-bond acceptors (Lipinski definition) is 15. The average Bonchev–Trinajstić information content (AvgIpc) is 2.41. The van der Waals surface area contributed by atoms with E-state index in [1.54, 1.807) is 0 Å². The van der Waals surface area contributed by atoms with Crippen LogP contribution in [0.15, 0.2) is 0 Å². The Hall–Kier alpha value is -1.94. The SMILES string of the molecule is CCCCCCCCCCCCCCCCCCCCCCC(=O)O[C@H](COC(=O)CCCCCCCCCCCCCC(C)C)COP(=O)(O)OC[C@@H](O)COP(=O)(O)OC[C@@H](COC(=O)CCCCCCCCC(C)C)OC(=O)CCCCCCCCCCCC. The van der Waals surface area contributed by atoms with Crippen LogP contribution in [0.3, 0.4) is 0 Å². The number of aliphatic hydroxyl groups is 1. The molecule has 0 heterocycles. The van der Waals surface area contributed by atoms with E-state index in [1.807, 2.05) is 0 Å². The Bertz CT molecular complexity index is 1800. The largest absolute Gasteiger partial charge is 0.472 e. The van der Waals surface area contributed by atoms with Crippen LogP contribution >= 0.6 is 15.6 Å². The molecule has 93 heavy (non-hydrogen) atoms. The maximum Gasteiger partial charge on any atom is 0.472 e. The number of carbonyl (C=O) groups excluding carboxylic acids is 4. The highest BCUT2D eigenvalue weighted by molar-refractivity contribution is 7.47. The van der Waals surface area contributed by atoms with E-state index in [2.05, 4.69) is 41.5 Å². The van der Waals surface area contributed by atoms with Crippen LogP contribution in [0.2, 0.25) is 0 Å². The summed E-state index contributed by atoms with van der Waals surface area (Å²) in [6.07, 6.45) is 53.0. The van der Waals surface area contributed by atoms with Crippen LogP contribution in [0.25, 0.3) is 0 Å². The fraction of sp³-hybridized carbons (Fsp3) is 0.946. The first kappa shape index (κ1) is 91.1. The number of aliphatic hydroxyl groups excluding tert-OH is 1. The molecule has 0 aliphatic carbocycles. The fourth-order valence-electron chi connectivity index (χ4n) is 11.3. The van der Waals surface area contributed by atoms with E-state index in [0.29, 0.717) is 31.6 Å². The van der Waals surface area contributed by atoms with Crippen molar-refractivity contribution in [3.8, 4) is 0 Å². The van der Waals surface area contributed by atoms with E-state index in [-0.39, 0.29) is 25.7 Å². The molecule has 3 N–H and O–H groups in total. The molecule has 17 nitrogen and oxygen atoms in total. The van der Waals surface area contributed by atoms with Gasteiger partial charge in [-0.2, -0.15) is 0 Å². The van der Waals surface area contributed by atoms with Gasteiger partial charge in [0.1, 0.15) is 19.3 Å². The number of unbranched alkanes of at least 4 members (excludes halogenated alkanes) is 43. The third kappa shape index (κ3) is 68.4. The molecule has 0 radical (unpaired) electrons. The normalized spacial score (nSPS) is 14.1. The second-order valence-corrected chi connectivity index (χ2v) is 30.5. The minimum Gasteiger partial charge on any atom is -0.462 e. The van der Waals surface area contributed by atoms with Crippen molar-refractivity contribution in [3.05, 3.63) is 0 Å². The third-order valence-electron chi connectivity index (χ3n) is 17.2. The highest BCUT2D eigenvalue weighted by Gasteiger charge is 2.30. The van der Waals surface area contributed by atoms with Gasteiger partial charge >= 0.3 is 39.5 Å². The van der Waals surface area contributed by atoms with E-state index < -0.39 is 97.5 Å². The molecule has 0 spiro atoms. The Morgan fingerprint density at radius 2 is 0.495 bits per heavy atom. The van der Waals surface area contributed by atoms with Crippen molar-refractivity contribution in [1.29, 1.82) is 0 Å². The number of hydrogen-bond donors (Lipinski definition) is 3. The second-order valence-electron chi connectivity index (χ2n) is 27.6. The van der Waals surface area contributed by atoms with Gasteiger partial charge in [0.25, 0.3) is 0 Å². The van der Waals surface area contributed by atoms with E-state index in [1.165, 1.54) is 193 Å². The summed E-state index contributed by atoms with van der Waals surface area (Å²) >= 11 is 0. The van der Waals surface area contributed by atoms with Gasteiger partial charge in [-0.1, -0.05) is 330 Å². The Morgan fingerprint density at radius 3 is 0.731 bits per heavy atom. The number of phosphoric acid groups is 2. The number of esters is 4. The van der Waals surface area contributed by atoms with Crippen LogP contribution in [-0.4, -0.2) is 96.7 Å². The predicted octanol–water partition coefficient (Wildman–Crippen LogP) is 21.6. The molecule has 0 rings (SSSR count). The average molecular weight is 1370 g/mol. The summed E-state index contributed by atoms with van der Waals surface area (Å²) in [6, 6.07) is 0. The maximum atomic E-state index is 13.1. The molecule has 0 saturated heterocycles. The Labute approximate surface area is 568 Å². The van der Waals surface area contributed by atoms with Crippen molar-refractivity contribution in [2.75, 3.05) is 39.6 Å². The Morgan fingerprint density at radius 1 is 0.290 bits per heavy atom. The summed E-state index contributed by atoms with van der Waals surface area (Å²) in [5, 5.41) is 10.6. The third-order valence-corrected chi connectivity index (χ3v) is 19.1. The molecule has 0 saturated carbocycles. The summed E-state index contributed by atoms with van der Waals surface area (Å²) < 4.78 is 68.4. The molecular weight excluding hydrogens is 1220 g/mol. The predicted molar refractivity (Wildman–Crippen MR) is 377 cm³/mol. The first-order valence-electron chi connectivity index (χ1n) is 38.5. The van der Waals surface area contributed by atoms with Crippen LogP contribution < -0.4 is 0 Å². The van der Waals surface area contributed by atoms with Crippen LogP contribution in [0.5, 0.6) is 0 Å². The Balaban J connectivity index is 5.19. The lowest BCUT2D eigenvalue weighted by molar-refractivity contribution is -0.161. The summed E-state index contributed by atoms with van der Waals surface area (Å²) in [5.41, 5.74) is 0. The molecule has 0 aliphatic rings. The smallest absolute Gasteiger partial charge is 0.462 e. The van der Waals surface area contributed by atoms with Gasteiger partial charge < -0.3 is 33.8 Å². The van der Waals surface area contributed by atoms with Crippen molar-refractivity contribution < 1.29 is 80.2 Å². The Kier molecular flexibility index (Phi) is 64.6. The van der Waals surface area contributed by atoms with E-state index in [9.17, 15) is 43.2 Å². The van der Waals surface area contributed by atoms with E-state index >= 15 is 0 Å².